The van der Waals surface area contributed by atoms with Crippen LogP contribution < -0.4 is 5.32 Å². The van der Waals surface area contributed by atoms with Crippen molar-refractivity contribution in [3.63, 3.8) is 0 Å². The van der Waals surface area contributed by atoms with Crippen LogP contribution in [0.4, 0.5) is 4.39 Å². The Bertz CT molecular complexity index is 63.1. The fraction of sp³-hybridized carbons (Fsp3) is 1.00. The summed E-state index contributed by atoms with van der Waals surface area (Å²) in [4.78, 5) is 0. The average Bonchev–Trinajstić information content (AvgIpc) is 2.03. The molecule has 68 valence electrons. The third kappa shape index (κ3) is 9.85. The van der Waals surface area contributed by atoms with Crippen LogP contribution in [0.3, 0.4) is 0 Å². The van der Waals surface area contributed by atoms with Crippen LogP contribution in [0.5, 0.6) is 0 Å². The van der Waals surface area contributed by atoms with Gasteiger partial charge in [-0.05, 0) is 32.9 Å². The van der Waals surface area contributed by atoms with E-state index in [0.29, 0.717) is 6.42 Å². The topological polar surface area (TPSA) is 21.3 Å². The molecule has 1 N–H and O–H groups in total. The van der Waals surface area contributed by atoms with Gasteiger partial charge in [-0.15, -0.1) is 0 Å². The van der Waals surface area contributed by atoms with Crippen LogP contribution in [0.15, 0.2) is 0 Å². The van der Waals surface area contributed by atoms with Crippen molar-refractivity contribution >= 4 is 0 Å². The molecule has 3 heteroatoms. The molecule has 0 saturated carbocycles. The molecule has 0 amide bonds. The van der Waals surface area contributed by atoms with Crippen LogP contribution in [0.25, 0.3) is 0 Å². The Kier molecular flexibility index (Phi) is 9.72. The van der Waals surface area contributed by atoms with Crippen LogP contribution in [0.1, 0.15) is 19.8 Å². The molecule has 0 aliphatic heterocycles. The third-order valence-electron chi connectivity index (χ3n) is 1.33. The number of nitrogens with one attached hydrogen (secondary N) is 1. The molecule has 0 spiro atoms. The lowest BCUT2D eigenvalue weighted by molar-refractivity contribution is 0.145. The van der Waals surface area contributed by atoms with Crippen LogP contribution in [-0.4, -0.2) is 33.0 Å². The molecular weight excluding hydrogens is 145 g/mol. The Balaban J connectivity index is 2.69. The number of rotatable bonds is 8. The smallest absolute Gasteiger partial charge is 0.0906 e. The highest BCUT2D eigenvalue weighted by atomic mass is 19.1. The lowest BCUT2D eigenvalue weighted by atomic mass is 10.4. The van der Waals surface area contributed by atoms with Crippen molar-refractivity contribution in [3.05, 3.63) is 0 Å². The molecule has 0 saturated heterocycles. The number of ether oxygens (including phenoxy) is 1. The Hall–Kier alpha value is -0.150. The summed E-state index contributed by atoms with van der Waals surface area (Å²) in [7, 11) is 0. The van der Waals surface area contributed by atoms with Gasteiger partial charge in [0.2, 0.25) is 0 Å². The van der Waals surface area contributed by atoms with Crippen LogP contribution in [0.2, 0.25) is 0 Å². The van der Waals surface area contributed by atoms with Crippen LogP contribution in [0, 0.1) is 0 Å². The molecule has 0 fully saturated rings. The van der Waals surface area contributed by atoms with Gasteiger partial charge in [-0.3, -0.25) is 4.39 Å². The van der Waals surface area contributed by atoms with E-state index >= 15 is 0 Å². The van der Waals surface area contributed by atoms with Gasteiger partial charge in [-0.1, -0.05) is 0 Å². The zero-order valence-corrected chi connectivity index (χ0v) is 7.24. The van der Waals surface area contributed by atoms with Crippen molar-refractivity contribution < 1.29 is 9.13 Å². The van der Waals surface area contributed by atoms with Crippen molar-refractivity contribution in [3.8, 4) is 0 Å². The van der Waals surface area contributed by atoms with E-state index in [1.54, 1.807) is 0 Å². The van der Waals surface area contributed by atoms with E-state index in [0.717, 1.165) is 32.7 Å². The number of alkyl halides is 1. The average molecular weight is 163 g/mol. The van der Waals surface area contributed by atoms with Crippen LogP contribution in [-0.2, 0) is 4.74 Å². The molecule has 0 heterocycles. The van der Waals surface area contributed by atoms with Crippen molar-refractivity contribution in [2.45, 2.75) is 19.8 Å². The molecule has 11 heavy (non-hydrogen) atoms. The van der Waals surface area contributed by atoms with Crippen molar-refractivity contribution in [1.82, 2.24) is 5.32 Å². The second-order valence-electron chi connectivity index (χ2n) is 2.34. The van der Waals surface area contributed by atoms with E-state index in [9.17, 15) is 4.39 Å². The van der Waals surface area contributed by atoms with E-state index < -0.39 is 0 Å². The Morgan fingerprint density at radius 2 is 2.00 bits per heavy atom. The predicted octanol–water partition coefficient (Wildman–Crippen LogP) is 1.36. The van der Waals surface area contributed by atoms with Crippen molar-refractivity contribution in [2.75, 3.05) is 33.0 Å². The highest BCUT2D eigenvalue weighted by Crippen LogP contribution is 1.81. The fourth-order valence-corrected chi connectivity index (χ4v) is 0.760. The molecule has 0 radical (unpaired) electrons. The Morgan fingerprint density at radius 1 is 1.27 bits per heavy atom. The first-order chi connectivity index (χ1) is 5.41. The highest BCUT2D eigenvalue weighted by molar-refractivity contribution is 4.46. The minimum atomic E-state index is -0.224. The molecule has 0 bridgehead atoms. The minimum Gasteiger partial charge on any atom is -0.382 e. The van der Waals surface area contributed by atoms with Gasteiger partial charge >= 0.3 is 0 Å². The summed E-state index contributed by atoms with van der Waals surface area (Å²) in [6.45, 7) is 5.06. The first kappa shape index (κ1) is 10.8. The summed E-state index contributed by atoms with van der Waals surface area (Å²) >= 11 is 0. The van der Waals surface area contributed by atoms with Gasteiger partial charge < -0.3 is 10.1 Å². The molecule has 0 unspecified atom stereocenters. The Labute approximate surface area is 68.1 Å². The summed E-state index contributed by atoms with van der Waals surface area (Å²) in [5.41, 5.74) is 0. The second kappa shape index (κ2) is 9.85. The standard InChI is InChI=1S/C8H18FNO/c1-2-11-8-4-7-10-6-3-5-9/h10H,2-8H2,1H3. The van der Waals surface area contributed by atoms with Gasteiger partial charge in [0.15, 0.2) is 0 Å². The summed E-state index contributed by atoms with van der Waals surface area (Å²) in [6, 6.07) is 0. The summed E-state index contributed by atoms with van der Waals surface area (Å²) in [5, 5.41) is 3.13. The third-order valence-corrected chi connectivity index (χ3v) is 1.33. The second-order valence-corrected chi connectivity index (χ2v) is 2.34. The summed E-state index contributed by atoms with van der Waals surface area (Å²) in [6.07, 6.45) is 1.63. The maximum Gasteiger partial charge on any atom is 0.0906 e. The molecule has 0 aromatic heterocycles. The van der Waals surface area contributed by atoms with E-state index in [2.05, 4.69) is 5.32 Å². The molecule has 2 nitrogen and oxygen atoms in total. The summed E-state index contributed by atoms with van der Waals surface area (Å²) < 4.78 is 16.7. The Morgan fingerprint density at radius 3 is 2.64 bits per heavy atom. The van der Waals surface area contributed by atoms with E-state index in [4.69, 9.17) is 4.74 Å². The lowest BCUT2D eigenvalue weighted by Gasteiger charge is -2.02. The lowest BCUT2D eigenvalue weighted by Crippen LogP contribution is -2.18. The first-order valence-corrected chi connectivity index (χ1v) is 4.26. The van der Waals surface area contributed by atoms with Gasteiger partial charge in [-0.25, -0.2) is 0 Å². The van der Waals surface area contributed by atoms with Gasteiger partial charge in [0.05, 0.1) is 6.67 Å². The predicted molar refractivity (Wildman–Crippen MR) is 44.6 cm³/mol. The highest BCUT2D eigenvalue weighted by Gasteiger charge is 1.87. The molecule has 0 aliphatic carbocycles. The molecule has 0 aromatic rings. The molecular formula is C8H18FNO. The van der Waals surface area contributed by atoms with E-state index in [1.807, 2.05) is 6.92 Å². The zero-order valence-electron chi connectivity index (χ0n) is 7.24. The van der Waals surface area contributed by atoms with Crippen molar-refractivity contribution in [1.29, 1.82) is 0 Å². The SMILES string of the molecule is CCOCCCNCCCF. The van der Waals surface area contributed by atoms with Gasteiger partial charge in [0.25, 0.3) is 0 Å². The van der Waals surface area contributed by atoms with Crippen molar-refractivity contribution in [2.24, 2.45) is 0 Å². The quantitative estimate of drug-likeness (QED) is 0.545. The maximum absolute atomic E-state index is 11.6. The fourth-order valence-electron chi connectivity index (χ4n) is 0.760. The zero-order chi connectivity index (χ0) is 8.36. The molecule has 0 aliphatic rings. The van der Waals surface area contributed by atoms with E-state index in [1.165, 1.54) is 0 Å². The first-order valence-electron chi connectivity index (χ1n) is 4.26. The number of halogens is 1. The normalized spacial score (nSPS) is 10.4. The van der Waals surface area contributed by atoms with E-state index in [-0.39, 0.29) is 6.67 Å². The van der Waals surface area contributed by atoms with Gasteiger partial charge in [-0.2, -0.15) is 0 Å². The summed E-state index contributed by atoms with van der Waals surface area (Å²) in [5.74, 6) is 0. The molecule has 0 aromatic carbocycles. The van der Waals surface area contributed by atoms with Crippen LogP contribution >= 0.6 is 0 Å². The van der Waals surface area contributed by atoms with Gasteiger partial charge in [0.1, 0.15) is 0 Å². The molecule has 0 atom stereocenters. The monoisotopic (exact) mass is 163 g/mol. The largest absolute Gasteiger partial charge is 0.382 e. The minimum absolute atomic E-state index is 0.224. The number of hydrogen-bond donors (Lipinski definition) is 1. The molecule has 0 rings (SSSR count). The maximum atomic E-state index is 11.6. The van der Waals surface area contributed by atoms with Gasteiger partial charge in [0, 0.05) is 13.2 Å². The number of hydrogen-bond acceptors (Lipinski definition) is 2.